The molecule has 1 aromatic heterocycles. The number of nitrogens with two attached hydrogens (primary N) is 1. The van der Waals surface area contributed by atoms with E-state index in [4.69, 9.17) is 5.73 Å². The molecule has 0 saturated carbocycles. The average Bonchev–Trinajstić information content (AvgIpc) is 2.82. The highest BCUT2D eigenvalue weighted by Gasteiger charge is 2.21. The minimum Gasteiger partial charge on any atom is -0.343 e. The van der Waals surface area contributed by atoms with E-state index in [9.17, 15) is 0 Å². The molecule has 0 amide bonds. The Balaban J connectivity index is 2.25. The van der Waals surface area contributed by atoms with Gasteiger partial charge in [-0.15, -0.1) is 0 Å². The summed E-state index contributed by atoms with van der Waals surface area (Å²) in [5.41, 5.74) is 10.4. The van der Waals surface area contributed by atoms with Crippen molar-refractivity contribution in [1.82, 2.24) is 4.57 Å². The van der Waals surface area contributed by atoms with Crippen LogP contribution in [-0.2, 0) is 19.4 Å². The summed E-state index contributed by atoms with van der Waals surface area (Å²) in [6.07, 6.45) is 3.76. The summed E-state index contributed by atoms with van der Waals surface area (Å²) in [6.45, 7) is 3.02. The Bertz CT molecular complexity index is 523. The third kappa shape index (κ3) is 1.37. The standard InChI is InChI=1S/C14H18N2/c1-10(15)9-16-13-7-3-2-5-11(13)12-6-4-8-14(12)16/h2-3,5,7,10H,4,6,8-9,15H2,1H3/t10-/m1/s1. The number of nitrogens with zero attached hydrogens (tertiary/aromatic N) is 1. The van der Waals surface area contributed by atoms with Gasteiger partial charge in [-0.2, -0.15) is 0 Å². The van der Waals surface area contributed by atoms with Gasteiger partial charge in [0.1, 0.15) is 0 Å². The van der Waals surface area contributed by atoms with Gasteiger partial charge >= 0.3 is 0 Å². The van der Waals surface area contributed by atoms with E-state index in [1.54, 1.807) is 5.56 Å². The molecule has 0 radical (unpaired) electrons. The number of fused-ring (bicyclic) bond motifs is 3. The molecular weight excluding hydrogens is 196 g/mol. The van der Waals surface area contributed by atoms with Crippen LogP contribution in [0.2, 0.25) is 0 Å². The fraction of sp³-hybridized carbons (Fsp3) is 0.429. The molecule has 0 unspecified atom stereocenters. The quantitative estimate of drug-likeness (QED) is 0.818. The third-order valence-corrected chi connectivity index (χ3v) is 3.51. The number of benzene rings is 1. The molecule has 0 fully saturated rings. The van der Waals surface area contributed by atoms with Crippen molar-refractivity contribution in [2.75, 3.05) is 0 Å². The zero-order valence-electron chi connectivity index (χ0n) is 9.74. The van der Waals surface area contributed by atoms with Crippen molar-refractivity contribution in [2.24, 2.45) is 5.73 Å². The van der Waals surface area contributed by atoms with Crippen LogP contribution in [0.4, 0.5) is 0 Å². The Labute approximate surface area is 96.1 Å². The summed E-state index contributed by atoms with van der Waals surface area (Å²) in [5, 5.41) is 1.44. The number of hydrogen-bond acceptors (Lipinski definition) is 1. The third-order valence-electron chi connectivity index (χ3n) is 3.51. The molecule has 2 nitrogen and oxygen atoms in total. The highest BCUT2D eigenvalue weighted by atomic mass is 15.0. The van der Waals surface area contributed by atoms with Crippen LogP contribution < -0.4 is 5.73 Å². The van der Waals surface area contributed by atoms with Gasteiger partial charge in [-0.05, 0) is 37.8 Å². The van der Waals surface area contributed by atoms with Crippen molar-refractivity contribution >= 4 is 10.9 Å². The molecule has 0 bridgehead atoms. The monoisotopic (exact) mass is 214 g/mol. The van der Waals surface area contributed by atoms with E-state index in [1.165, 1.54) is 35.9 Å². The maximum Gasteiger partial charge on any atom is 0.0485 e. The van der Waals surface area contributed by atoms with Crippen molar-refractivity contribution in [3.05, 3.63) is 35.5 Å². The van der Waals surface area contributed by atoms with Gasteiger partial charge in [-0.3, -0.25) is 0 Å². The van der Waals surface area contributed by atoms with Gasteiger partial charge in [-0.25, -0.2) is 0 Å². The molecule has 0 aliphatic heterocycles. The number of para-hydroxylation sites is 1. The van der Waals surface area contributed by atoms with Crippen molar-refractivity contribution < 1.29 is 0 Å². The minimum absolute atomic E-state index is 0.223. The van der Waals surface area contributed by atoms with Crippen LogP contribution in [0.25, 0.3) is 10.9 Å². The van der Waals surface area contributed by atoms with Crippen LogP contribution in [0.5, 0.6) is 0 Å². The van der Waals surface area contributed by atoms with Crippen molar-refractivity contribution in [1.29, 1.82) is 0 Å². The average molecular weight is 214 g/mol. The van der Waals surface area contributed by atoms with Crippen LogP contribution in [0.15, 0.2) is 24.3 Å². The zero-order valence-corrected chi connectivity index (χ0v) is 9.74. The summed E-state index contributed by atoms with van der Waals surface area (Å²) in [4.78, 5) is 0. The molecule has 16 heavy (non-hydrogen) atoms. The predicted octanol–water partition coefficient (Wildman–Crippen LogP) is 2.48. The molecule has 0 spiro atoms. The fourth-order valence-electron chi connectivity index (χ4n) is 2.92. The predicted molar refractivity (Wildman–Crippen MR) is 67.6 cm³/mol. The largest absolute Gasteiger partial charge is 0.343 e. The maximum absolute atomic E-state index is 5.95. The Morgan fingerprint density at radius 2 is 2.12 bits per heavy atom. The van der Waals surface area contributed by atoms with Crippen LogP contribution >= 0.6 is 0 Å². The van der Waals surface area contributed by atoms with Crippen molar-refractivity contribution in [2.45, 2.75) is 38.8 Å². The van der Waals surface area contributed by atoms with Gasteiger partial charge in [0, 0.05) is 29.2 Å². The SMILES string of the molecule is C[C@@H](N)Cn1c2c(c3ccccc31)CCC2. The highest BCUT2D eigenvalue weighted by molar-refractivity contribution is 5.86. The molecule has 1 aliphatic carbocycles. The van der Waals surface area contributed by atoms with Crippen LogP contribution in [0.1, 0.15) is 24.6 Å². The Hall–Kier alpha value is -1.28. The number of aryl methyl sites for hydroxylation is 1. The molecule has 2 aromatic rings. The van der Waals surface area contributed by atoms with Crippen molar-refractivity contribution in [3.63, 3.8) is 0 Å². The zero-order chi connectivity index (χ0) is 11.1. The van der Waals surface area contributed by atoms with E-state index in [0.29, 0.717) is 0 Å². The molecule has 2 N–H and O–H groups in total. The van der Waals surface area contributed by atoms with Crippen LogP contribution in [0.3, 0.4) is 0 Å². The van der Waals surface area contributed by atoms with E-state index >= 15 is 0 Å². The van der Waals surface area contributed by atoms with Gasteiger partial charge in [0.15, 0.2) is 0 Å². The number of rotatable bonds is 2. The molecule has 0 saturated heterocycles. The first-order valence-corrected chi connectivity index (χ1v) is 6.12. The number of hydrogen-bond donors (Lipinski definition) is 1. The first-order valence-electron chi connectivity index (χ1n) is 6.12. The molecule has 1 heterocycles. The Morgan fingerprint density at radius 3 is 2.94 bits per heavy atom. The Morgan fingerprint density at radius 1 is 1.31 bits per heavy atom. The normalized spacial score (nSPS) is 16.6. The van der Waals surface area contributed by atoms with Crippen LogP contribution in [-0.4, -0.2) is 10.6 Å². The molecule has 2 heteroatoms. The lowest BCUT2D eigenvalue weighted by atomic mass is 10.1. The second kappa shape index (κ2) is 3.63. The van der Waals surface area contributed by atoms with E-state index in [0.717, 1.165) is 6.54 Å². The lowest BCUT2D eigenvalue weighted by Crippen LogP contribution is -2.22. The fourth-order valence-corrected chi connectivity index (χ4v) is 2.92. The first-order chi connectivity index (χ1) is 7.77. The lowest BCUT2D eigenvalue weighted by Gasteiger charge is -2.12. The summed E-state index contributed by atoms with van der Waals surface area (Å²) in [6, 6.07) is 8.94. The molecule has 1 aliphatic rings. The van der Waals surface area contributed by atoms with E-state index in [1.807, 2.05) is 0 Å². The molecular formula is C14H18N2. The van der Waals surface area contributed by atoms with Crippen molar-refractivity contribution in [3.8, 4) is 0 Å². The lowest BCUT2D eigenvalue weighted by molar-refractivity contribution is 0.588. The number of aromatic nitrogens is 1. The smallest absolute Gasteiger partial charge is 0.0485 e. The van der Waals surface area contributed by atoms with Gasteiger partial charge in [0.2, 0.25) is 0 Å². The van der Waals surface area contributed by atoms with Crippen LogP contribution in [0, 0.1) is 0 Å². The van der Waals surface area contributed by atoms with Gasteiger partial charge < -0.3 is 10.3 Å². The summed E-state index contributed by atoms with van der Waals surface area (Å²) < 4.78 is 2.43. The topological polar surface area (TPSA) is 30.9 Å². The van der Waals surface area contributed by atoms with Gasteiger partial charge in [0.25, 0.3) is 0 Å². The van der Waals surface area contributed by atoms with E-state index < -0.39 is 0 Å². The Kier molecular flexibility index (Phi) is 2.25. The molecule has 1 atom stereocenters. The molecule has 3 rings (SSSR count). The summed E-state index contributed by atoms with van der Waals surface area (Å²) in [5.74, 6) is 0. The first kappa shape index (κ1) is 9.91. The second-order valence-corrected chi connectivity index (χ2v) is 4.88. The van der Waals surface area contributed by atoms with Gasteiger partial charge in [-0.1, -0.05) is 18.2 Å². The second-order valence-electron chi connectivity index (χ2n) is 4.88. The van der Waals surface area contributed by atoms with Gasteiger partial charge in [0.05, 0.1) is 0 Å². The molecule has 1 aromatic carbocycles. The highest BCUT2D eigenvalue weighted by Crippen LogP contribution is 2.32. The summed E-state index contributed by atoms with van der Waals surface area (Å²) >= 11 is 0. The maximum atomic E-state index is 5.95. The summed E-state index contributed by atoms with van der Waals surface area (Å²) in [7, 11) is 0. The van der Waals surface area contributed by atoms with E-state index in [2.05, 4.69) is 35.8 Å². The minimum atomic E-state index is 0.223. The molecule has 84 valence electrons. The van der Waals surface area contributed by atoms with E-state index in [-0.39, 0.29) is 6.04 Å².